The van der Waals surface area contributed by atoms with E-state index >= 15 is 0 Å². The topological polar surface area (TPSA) is 70.8 Å². The van der Waals surface area contributed by atoms with Gasteiger partial charge in [-0.05, 0) is 79.3 Å². The number of ether oxygens (including phenoxy) is 1. The molecule has 0 aliphatic carbocycles. The maximum absolute atomic E-state index is 8.97. The Morgan fingerprint density at radius 3 is 2.18 bits per heavy atom. The zero-order valence-corrected chi connectivity index (χ0v) is 20.1. The molecule has 1 aliphatic heterocycles. The number of anilines is 1. The van der Waals surface area contributed by atoms with E-state index in [4.69, 9.17) is 14.8 Å². The standard InChI is InChI=1S/C14H11BrN2O.C11H16BNO2/c1-18-12-5-3-11(4-6-12)17-9-16-13-7-2-10(15)8-14(13)17;14-12(15)10-4-6-11(7-5-10)13-8-2-1-3-9-13/h2-9H,1H3;4-7,14-15H,1-3,8-9H2. The number of halogens is 1. The summed E-state index contributed by atoms with van der Waals surface area (Å²) in [5, 5.41) is 17.9. The van der Waals surface area contributed by atoms with Crippen molar-refractivity contribution in [1.82, 2.24) is 9.55 Å². The first kappa shape index (κ1) is 23.4. The van der Waals surface area contributed by atoms with E-state index in [0.717, 1.165) is 40.0 Å². The fourth-order valence-electron chi connectivity index (χ4n) is 3.94. The molecule has 0 unspecified atom stereocenters. The highest BCUT2D eigenvalue weighted by molar-refractivity contribution is 9.10. The van der Waals surface area contributed by atoms with Crippen molar-refractivity contribution in [3.63, 3.8) is 0 Å². The molecule has 0 bridgehead atoms. The molecule has 3 aromatic carbocycles. The van der Waals surface area contributed by atoms with Gasteiger partial charge in [0.25, 0.3) is 0 Å². The third-order valence-corrected chi connectivity index (χ3v) is 6.27. The van der Waals surface area contributed by atoms with Crippen LogP contribution in [-0.2, 0) is 0 Å². The second kappa shape index (κ2) is 10.9. The number of aromatic nitrogens is 2. The molecule has 0 saturated carbocycles. The number of hydrogen-bond donors (Lipinski definition) is 2. The number of benzene rings is 3. The summed E-state index contributed by atoms with van der Waals surface area (Å²) in [7, 11) is 0.305. The second-order valence-electron chi connectivity index (χ2n) is 7.96. The lowest BCUT2D eigenvalue weighted by atomic mass is 9.80. The van der Waals surface area contributed by atoms with Crippen LogP contribution in [0, 0.1) is 0 Å². The molecule has 2 heterocycles. The summed E-state index contributed by atoms with van der Waals surface area (Å²) in [5.41, 5.74) is 4.86. The van der Waals surface area contributed by atoms with Gasteiger partial charge in [0.1, 0.15) is 12.1 Å². The first-order valence-electron chi connectivity index (χ1n) is 11.0. The van der Waals surface area contributed by atoms with Crippen molar-refractivity contribution < 1.29 is 14.8 Å². The molecule has 4 aromatic rings. The lowest BCUT2D eigenvalue weighted by molar-refractivity contribution is 0.414. The highest BCUT2D eigenvalue weighted by Crippen LogP contribution is 2.23. The minimum atomic E-state index is -1.36. The van der Waals surface area contributed by atoms with Gasteiger partial charge in [-0.25, -0.2) is 4.98 Å². The van der Waals surface area contributed by atoms with Gasteiger partial charge >= 0.3 is 7.12 Å². The average molecular weight is 508 g/mol. The number of imidazole rings is 1. The first-order chi connectivity index (χ1) is 16.0. The van der Waals surface area contributed by atoms with Gasteiger partial charge in [-0.2, -0.15) is 0 Å². The van der Waals surface area contributed by atoms with E-state index in [-0.39, 0.29) is 0 Å². The Bertz CT molecular complexity index is 1170. The SMILES string of the molecule is COc1ccc(-n2cnc3ccc(Br)cc32)cc1.OB(O)c1ccc(N2CCCCC2)cc1. The third-order valence-electron chi connectivity index (χ3n) is 5.77. The molecule has 1 saturated heterocycles. The summed E-state index contributed by atoms with van der Waals surface area (Å²) < 4.78 is 8.26. The molecule has 2 N–H and O–H groups in total. The van der Waals surface area contributed by atoms with Crippen molar-refractivity contribution in [2.24, 2.45) is 0 Å². The van der Waals surface area contributed by atoms with E-state index in [2.05, 4.69) is 36.4 Å². The van der Waals surface area contributed by atoms with Crippen molar-refractivity contribution in [2.45, 2.75) is 19.3 Å². The molecule has 33 heavy (non-hydrogen) atoms. The van der Waals surface area contributed by atoms with Gasteiger partial charge in [-0.15, -0.1) is 0 Å². The summed E-state index contributed by atoms with van der Waals surface area (Å²) in [4.78, 5) is 6.73. The smallest absolute Gasteiger partial charge is 0.488 e. The minimum Gasteiger partial charge on any atom is -0.497 e. The lowest BCUT2D eigenvalue weighted by Gasteiger charge is -2.28. The largest absolute Gasteiger partial charge is 0.497 e. The molecular formula is C25H27BBrN3O3. The van der Waals surface area contributed by atoms with E-state index in [1.54, 1.807) is 19.2 Å². The number of hydrogen-bond acceptors (Lipinski definition) is 5. The molecule has 0 radical (unpaired) electrons. The molecule has 6 nitrogen and oxygen atoms in total. The molecular weight excluding hydrogens is 481 g/mol. The van der Waals surface area contributed by atoms with E-state index in [9.17, 15) is 0 Å². The fourth-order valence-corrected chi connectivity index (χ4v) is 4.29. The Morgan fingerprint density at radius 1 is 0.879 bits per heavy atom. The van der Waals surface area contributed by atoms with Gasteiger partial charge in [-0.3, -0.25) is 4.57 Å². The van der Waals surface area contributed by atoms with Crippen LogP contribution in [0.4, 0.5) is 5.69 Å². The lowest BCUT2D eigenvalue weighted by Crippen LogP contribution is -2.32. The molecule has 1 fully saturated rings. The molecule has 1 aliphatic rings. The minimum absolute atomic E-state index is 0.552. The van der Waals surface area contributed by atoms with Crippen molar-refractivity contribution in [2.75, 3.05) is 25.1 Å². The quantitative estimate of drug-likeness (QED) is 0.406. The van der Waals surface area contributed by atoms with E-state index in [1.165, 1.54) is 24.9 Å². The molecule has 0 spiro atoms. The summed E-state index contributed by atoms with van der Waals surface area (Å²) in [6.07, 6.45) is 5.66. The Labute approximate surface area is 202 Å². The van der Waals surface area contributed by atoms with Crippen LogP contribution >= 0.6 is 15.9 Å². The Kier molecular flexibility index (Phi) is 7.70. The van der Waals surface area contributed by atoms with Gasteiger partial charge < -0.3 is 19.7 Å². The maximum atomic E-state index is 8.97. The predicted molar refractivity (Wildman–Crippen MR) is 138 cm³/mol. The summed E-state index contributed by atoms with van der Waals surface area (Å²) in [5.74, 6) is 0.851. The molecule has 170 valence electrons. The van der Waals surface area contributed by atoms with E-state index < -0.39 is 7.12 Å². The molecule has 8 heteroatoms. The monoisotopic (exact) mass is 507 g/mol. The van der Waals surface area contributed by atoms with Crippen molar-refractivity contribution in [3.8, 4) is 11.4 Å². The van der Waals surface area contributed by atoms with Crippen molar-refractivity contribution >= 4 is 45.2 Å². The van der Waals surface area contributed by atoms with Crippen LogP contribution in [0.1, 0.15) is 19.3 Å². The highest BCUT2D eigenvalue weighted by Gasteiger charge is 2.13. The Hall–Kier alpha value is -2.81. The normalized spacial score (nSPS) is 13.4. The Balaban J connectivity index is 0.000000160. The van der Waals surface area contributed by atoms with Gasteiger partial charge in [0.05, 0.1) is 18.1 Å². The van der Waals surface area contributed by atoms with Gasteiger partial charge in [0, 0.05) is 28.9 Å². The zero-order chi connectivity index (χ0) is 23.2. The van der Waals surface area contributed by atoms with Crippen LogP contribution in [0.25, 0.3) is 16.7 Å². The second-order valence-corrected chi connectivity index (χ2v) is 8.87. The number of fused-ring (bicyclic) bond motifs is 1. The summed E-state index contributed by atoms with van der Waals surface area (Å²) in [6.45, 7) is 2.22. The molecule has 0 atom stereocenters. The number of methoxy groups -OCH3 is 1. The molecule has 1 aromatic heterocycles. The maximum Gasteiger partial charge on any atom is 0.488 e. The molecule has 5 rings (SSSR count). The Morgan fingerprint density at radius 2 is 1.55 bits per heavy atom. The van der Waals surface area contributed by atoms with Crippen LogP contribution in [0.15, 0.2) is 77.5 Å². The average Bonchev–Trinajstić information content (AvgIpc) is 3.28. The summed E-state index contributed by atoms with van der Waals surface area (Å²) in [6, 6.07) is 21.4. The van der Waals surface area contributed by atoms with Crippen LogP contribution < -0.4 is 15.1 Å². The van der Waals surface area contributed by atoms with E-state index in [0.29, 0.717) is 5.46 Å². The predicted octanol–water partition coefficient (Wildman–Crippen LogP) is 4.15. The van der Waals surface area contributed by atoms with Crippen LogP contribution in [-0.4, -0.2) is 46.9 Å². The zero-order valence-electron chi connectivity index (χ0n) is 18.6. The van der Waals surface area contributed by atoms with Crippen LogP contribution in [0.5, 0.6) is 5.75 Å². The van der Waals surface area contributed by atoms with E-state index in [1.807, 2.05) is 54.9 Å². The number of nitrogens with zero attached hydrogens (tertiary/aromatic N) is 3. The van der Waals surface area contributed by atoms with Crippen molar-refractivity contribution in [3.05, 3.63) is 77.5 Å². The van der Waals surface area contributed by atoms with Crippen LogP contribution in [0.3, 0.4) is 0 Å². The highest BCUT2D eigenvalue weighted by atomic mass is 79.9. The number of piperidine rings is 1. The van der Waals surface area contributed by atoms with Gasteiger partial charge in [-0.1, -0.05) is 28.1 Å². The van der Waals surface area contributed by atoms with Crippen molar-refractivity contribution in [1.29, 1.82) is 0 Å². The molecule has 0 amide bonds. The van der Waals surface area contributed by atoms with Crippen LogP contribution in [0.2, 0.25) is 0 Å². The first-order valence-corrected chi connectivity index (χ1v) is 11.8. The third kappa shape index (κ3) is 5.77. The fraction of sp³-hybridized carbons (Fsp3) is 0.240. The van der Waals surface area contributed by atoms with Gasteiger partial charge in [0.2, 0.25) is 0 Å². The number of rotatable bonds is 4. The summed E-state index contributed by atoms with van der Waals surface area (Å²) >= 11 is 3.49. The van der Waals surface area contributed by atoms with Gasteiger partial charge in [0.15, 0.2) is 0 Å².